The maximum atomic E-state index is 15.8. The third-order valence-corrected chi connectivity index (χ3v) is 26.8. The molecule has 4 aromatic carbocycles. The predicted octanol–water partition coefficient (Wildman–Crippen LogP) is 8.75. The van der Waals surface area contributed by atoms with E-state index < -0.39 is 204 Å². The van der Waals surface area contributed by atoms with E-state index in [2.05, 4.69) is 36.9 Å². The number of halogens is 1. The second kappa shape index (κ2) is 44.9. The van der Waals surface area contributed by atoms with Crippen LogP contribution in [0.3, 0.4) is 0 Å². The minimum atomic E-state index is -1.95. The molecule has 692 valence electrons. The van der Waals surface area contributed by atoms with E-state index in [1.165, 1.54) is 92.7 Å². The SMILES string of the molecule is COc1cc2cc(c1Cl)N(C)C(=O)C[C@H](OC(=O)[C@H](C)N(C)C(=O)CCSSC[C@H](NC(=O)CC[C@H]1C(=O)C[C@@H](Cc3ccc(O)cc3)C(=O)N[C@H](Cc3c[nH]c4ccccc34)C(=O)C[C@@H](CCCCN)C(=O)N[C@@H]([C@@H](C)O)C(=O)N[C@@H](Cc3ccccc3)C(=O)N1C)C(=O)NC(C)(C)CC(C)(C)C)[C@]1(C)O[C@H]1[C@H](C)[C@@H]1C[C@@](O)(NC(=O)O1)[C@H](OC)/C=C/C=C(\C)C2. The Kier molecular flexibility index (Phi) is 35.7. The molecular weight excluding hydrogens is 1690 g/mol. The third kappa shape index (κ3) is 27.6. The summed E-state index contributed by atoms with van der Waals surface area (Å²) in [6, 6.07) is 16.9. The highest BCUT2D eigenvalue weighted by molar-refractivity contribution is 8.76. The maximum Gasteiger partial charge on any atom is 0.409 e. The van der Waals surface area contributed by atoms with Crippen LogP contribution in [0.5, 0.6) is 11.5 Å². The number of para-hydroxylation sites is 1. The summed E-state index contributed by atoms with van der Waals surface area (Å²) in [5, 5.41) is 51.6. The van der Waals surface area contributed by atoms with Crippen LogP contribution in [0.4, 0.5) is 10.5 Å². The Morgan fingerprint density at radius 1 is 0.811 bits per heavy atom. The number of fused-ring (bicyclic) bond motifs is 6. The molecule has 3 saturated heterocycles. The number of allylic oxidation sites excluding steroid dienone is 3. The van der Waals surface area contributed by atoms with Crippen LogP contribution in [0.15, 0.2) is 121 Å². The van der Waals surface area contributed by atoms with Gasteiger partial charge in [-0.2, -0.15) is 0 Å². The van der Waals surface area contributed by atoms with Gasteiger partial charge in [0, 0.05) is 125 Å². The number of amides is 9. The van der Waals surface area contributed by atoms with E-state index in [9.17, 15) is 53.7 Å². The highest BCUT2D eigenvalue weighted by atomic mass is 35.5. The number of unbranched alkanes of at least 4 members (excludes halogenated alkanes) is 1. The van der Waals surface area contributed by atoms with Gasteiger partial charge in [0.15, 0.2) is 17.3 Å². The molecule has 0 radical (unpaired) electrons. The number of methoxy groups -OCH3 is 2. The first-order valence-electron chi connectivity index (χ1n) is 43.1. The molecule has 1 aromatic heterocycles. The van der Waals surface area contributed by atoms with Crippen molar-refractivity contribution < 1.29 is 96.5 Å². The zero-order valence-electron chi connectivity index (χ0n) is 75.2. The van der Waals surface area contributed by atoms with Crippen LogP contribution in [0.25, 0.3) is 10.9 Å². The summed E-state index contributed by atoms with van der Waals surface area (Å²) in [6.45, 7) is 18.0. The number of rotatable bonds is 29. The fourth-order valence-electron chi connectivity index (χ4n) is 17.0. The largest absolute Gasteiger partial charge is 0.508 e. The number of H-pyrrole nitrogens is 1. The first-order chi connectivity index (χ1) is 59.9. The van der Waals surface area contributed by atoms with Crippen LogP contribution >= 0.6 is 33.2 Å². The summed E-state index contributed by atoms with van der Waals surface area (Å²) in [4.78, 5) is 185. The number of aliphatic hydroxyl groups excluding tert-OH is 1. The number of hydrogen-bond acceptors (Lipinski definition) is 23. The second-order valence-corrected chi connectivity index (χ2v) is 39.0. The average molecular weight is 1820 g/mol. The van der Waals surface area contributed by atoms with Crippen molar-refractivity contribution in [3.8, 4) is 11.5 Å². The van der Waals surface area contributed by atoms with E-state index in [1.54, 1.807) is 86.8 Å². The monoisotopic (exact) mass is 1820 g/mol. The third-order valence-electron chi connectivity index (χ3n) is 24.0. The molecule has 9 amide bonds. The van der Waals surface area contributed by atoms with Crippen molar-refractivity contribution in [3.63, 3.8) is 0 Å². The van der Waals surface area contributed by atoms with Crippen LogP contribution in [0, 0.1) is 23.2 Å². The van der Waals surface area contributed by atoms with Crippen molar-refractivity contribution in [2.24, 2.45) is 28.9 Å². The number of phenols is 1. The number of aliphatic hydroxyl groups is 2. The number of nitrogens with one attached hydrogen (secondary N) is 7. The Hall–Kier alpha value is -9.87. The average Bonchev–Trinajstić information content (AvgIpc) is 1.57. The van der Waals surface area contributed by atoms with Crippen LogP contribution < -0.4 is 47.3 Å². The fourth-order valence-corrected chi connectivity index (χ4v) is 19.5. The number of carbonyl (C=O) groups excluding carboxylic acids is 12. The minimum Gasteiger partial charge on any atom is -0.508 e. The van der Waals surface area contributed by atoms with Gasteiger partial charge < -0.3 is 91.0 Å². The number of aromatic hydroxyl groups is 1. The van der Waals surface area contributed by atoms with Gasteiger partial charge in [0.1, 0.15) is 64.6 Å². The van der Waals surface area contributed by atoms with Crippen LogP contribution in [-0.4, -0.2) is 238 Å². The van der Waals surface area contributed by atoms with E-state index in [-0.39, 0.29) is 72.8 Å². The van der Waals surface area contributed by atoms with Gasteiger partial charge in [0.05, 0.1) is 43.5 Å². The molecular formula is C93H126ClN11O20S2. The first-order valence-corrected chi connectivity index (χ1v) is 46.0. The minimum absolute atomic E-state index is 0.0766. The predicted molar refractivity (Wildman–Crippen MR) is 485 cm³/mol. The lowest BCUT2D eigenvalue weighted by Gasteiger charge is -2.42. The topological polar surface area (TPSA) is 439 Å². The van der Waals surface area contributed by atoms with Crippen molar-refractivity contribution >= 4 is 121 Å². The number of nitrogens with zero attached hydrogens (tertiary/aromatic N) is 3. The Labute approximate surface area is 755 Å². The molecule has 0 unspecified atom stereocenters. The summed E-state index contributed by atoms with van der Waals surface area (Å²) in [7, 11) is 9.48. The van der Waals surface area contributed by atoms with Crippen molar-refractivity contribution in [2.45, 2.75) is 249 Å². The highest BCUT2D eigenvalue weighted by Crippen LogP contribution is 2.50. The van der Waals surface area contributed by atoms with E-state index in [0.717, 1.165) is 26.9 Å². The molecule has 3 fully saturated rings. The maximum absolute atomic E-state index is 15.8. The summed E-state index contributed by atoms with van der Waals surface area (Å²) >= 11 is 6.93. The van der Waals surface area contributed by atoms with Gasteiger partial charge >= 0.3 is 12.1 Å². The molecule has 5 heterocycles. The summed E-state index contributed by atoms with van der Waals surface area (Å²) < 4.78 is 29.9. The number of alkyl carbamates (subject to hydrolysis) is 1. The van der Waals surface area contributed by atoms with Crippen LogP contribution in [0.2, 0.25) is 5.02 Å². The van der Waals surface area contributed by atoms with Gasteiger partial charge in [0.2, 0.25) is 47.3 Å². The van der Waals surface area contributed by atoms with Crippen molar-refractivity contribution in [3.05, 3.63) is 148 Å². The number of phenolic OH excluding ortho intramolecular Hbond substituents is 1. The zero-order chi connectivity index (χ0) is 93.2. The van der Waals surface area contributed by atoms with E-state index in [4.69, 9.17) is 41.0 Å². The molecule has 127 heavy (non-hydrogen) atoms. The van der Waals surface area contributed by atoms with Crippen molar-refractivity contribution in [1.82, 2.24) is 46.7 Å². The highest BCUT2D eigenvalue weighted by Gasteiger charge is 2.65. The number of benzene rings is 4. The number of ether oxygens (including phenoxy) is 5. The van der Waals surface area contributed by atoms with Crippen molar-refractivity contribution in [2.75, 3.05) is 58.3 Å². The van der Waals surface area contributed by atoms with Gasteiger partial charge in [-0.05, 0) is 145 Å². The zero-order valence-corrected chi connectivity index (χ0v) is 77.6. The number of epoxide rings is 1. The number of Topliss-reactive ketones (excluding diaryl/α,β-unsaturated/α-hetero) is 2. The number of esters is 1. The van der Waals surface area contributed by atoms with Crippen LogP contribution in [0.1, 0.15) is 162 Å². The molecule has 12 N–H and O–H groups in total. The lowest BCUT2D eigenvalue weighted by atomic mass is 9.81. The molecule has 31 nitrogen and oxygen atoms in total. The Morgan fingerprint density at radius 3 is 2.16 bits per heavy atom. The molecule has 16 atom stereocenters. The van der Waals surface area contributed by atoms with Gasteiger partial charge in [-0.1, -0.05) is 152 Å². The van der Waals surface area contributed by atoms with Crippen LogP contribution in [-0.2, 0) is 97.4 Å². The standard InChI is InChI=1S/C93H126ClN11O20S2/c1-53-24-23-30-75(122-15)93(120)49-74(123-89(119)102-93)54(2)82-92(10,125-82)76(48-79(112)104(12)70-43-59(40-53)44-73(121-14)80(70)94)124-88(118)55(3)103(11)78(111)37-39-126-127-51-68(85(115)101-91(8,9)52-90(5,6)7)97-77(110)36-35-69-72(109)47-61(41-58-31-33-63(107)34-32-58)84(114)98-66(45-62-50-96-65-29-20-19-28-64(62)65)71(108)46-60(27-21-22-38-95)83(113)100-81(56(4)106)86(116)99-67(87(117)105(69)13)42-57-25-17-16-18-26-57/h16-20,23-26,28-34,43-44,50,54-56,60-61,66-69,74-76,81-82,96,106-107,120H,21-22,27,35-42,45-49,51-52,95H2,1-15H3,(H,97,110)(H,98,114)(H,99,116)(H,100,113)(H,101,115)(H,102,119)/b30-23+,53-24+/t54-,55+,56-,60-,61-,66-,67+,68+,69+,74+,75-,76+,81+,82+,92+,93+/m1/s1. The summed E-state index contributed by atoms with van der Waals surface area (Å²) in [6.07, 6.45) is -1.06. The van der Waals surface area contributed by atoms with Crippen molar-refractivity contribution in [1.29, 1.82) is 0 Å². The lowest BCUT2D eigenvalue weighted by molar-refractivity contribution is -0.162. The molecule has 5 aromatic rings. The first kappa shape index (κ1) is 101. The smallest absolute Gasteiger partial charge is 0.409 e. The Balaban J connectivity index is 0.954. The van der Waals surface area contributed by atoms with E-state index >= 15 is 19.2 Å². The molecule has 0 aliphatic carbocycles. The second-order valence-electron chi connectivity index (χ2n) is 36.0. The fraction of sp³-hybridized carbons (Fsp3) is 0.548. The van der Waals surface area contributed by atoms with Gasteiger partial charge in [-0.25, -0.2) is 9.59 Å². The normalized spacial score (nSPS) is 25.9. The number of hydrogen-bond donors (Lipinski definition) is 11. The number of carbonyl (C=O) groups is 12. The molecule has 4 aliphatic heterocycles. The number of anilines is 1. The van der Waals surface area contributed by atoms with E-state index in [0.29, 0.717) is 53.8 Å². The summed E-state index contributed by atoms with van der Waals surface area (Å²) in [5.41, 5.74) is 5.79. The molecule has 9 rings (SSSR count). The quantitative estimate of drug-likeness (QED) is 0.00921. The molecule has 0 spiro atoms. The number of aromatic amines is 1. The van der Waals surface area contributed by atoms with E-state index in [1.807, 2.05) is 71.9 Å². The number of aromatic nitrogens is 1. The lowest BCUT2D eigenvalue weighted by Crippen LogP contribution is -2.63. The van der Waals surface area contributed by atoms with Gasteiger partial charge in [-0.15, -0.1) is 0 Å². The molecule has 4 bridgehead atoms. The van der Waals surface area contributed by atoms with Gasteiger partial charge in [0.25, 0.3) is 0 Å². The Bertz CT molecular complexity index is 4810. The summed E-state index contributed by atoms with van der Waals surface area (Å²) in [5.74, 6) is -10.6. The molecule has 4 aliphatic rings. The number of ketones is 2. The Morgan fingerprint density at radius 2 is 1.48 bits per heavy atom. The molecule has 34 heteroatoms. The number of nitrogens with two attached hydrogens (primary N) is 1. The van der Waals surface area contributed by atoms with Gasteiger partial charge in [-0.3, -0.25) is 53.3 Å². The molecule has 0 saturated carbocycles. The number of likely N-dealkylation sites (N-methyl/N-ethyl adjacent to an activating group) is 2.